The van der Waals surface area contributed by atoms with Crippen molar-refractivity contribution < 1.29 is 28.5 Å². The van der Waals surface area contributed by atoms with E-state index in [1.54, 1.807) is 0 Å². The highest BCUT2D eigenvalue weighted by Gasteiger charge is 2.12. The van der Waals surface area contributed by atoms with Gasteiger partial charge in [-0.15, -0.1) is 0 Å². The summed E-state index contributed by atoms with van der Waals surface area (Å²) in [5.74, 6) is 0. The Balaban J connectivity index is 0.000000167. The van der Waals surface area contributed by atoms with E-state index in [4.69, 9.17) is 0 Å². The molecule has 60 valence electrons. The minimum Gasteiger partial charge on any atom is -0.396 e. The first-order valence-corrected chi connectivity index (χ1v) is 2.38. The zero-order chi connectivity index (χ0) is 7.40. The minimum atomic E-state index is -0.565. The number of ether oxygens (including phenoxy) is 4. The first kappa shape index (κ1) is 9.54. The van der Waals surface area contributed by atoms with Gasteiger partial charge in [-0.05, 0) is 0 Å². The third-order valence-electron chi connectivity index (χ3n) is 0.707. The van der Waals surface area contributed by atoms with Crippen molar-refractivity contribution in [3.05, 3.63) is 7.43 Å². The van der Waals surface area contributed by atoms with Gasteiger partial charge in [0.2, 0.25) is 13.6 Å². The van der Waals surface area contributed by atoms with Crippen molar-refractivity contribution in [2.24, 2.45) is 0 Å². The van der Waals surface area contributed by atoms with Gasteiger partial charge >= 0.3 is 12.3 Å². The van der Waals surface area contributed by atoms with Crippen LogP contribution in [0.2, 0.25) is 0 Å². The van der Waals surface area contributed by atoms with E-state index in [1.165, 1.54) is 0 Å². The molecule has 0 aromatic heterocycles. The molecule has 0 aromatic rings. The van der Waals surface area contributed by atoms with Crippen molar-refractivity contribution >= 4 is 12.3 Å². The Bertz CT molecular complexity index is 123. The Morgan fingerprint density at radius 3 is 1.00 bits per heavy atom. The maximum atomic E-state index is 9.45. The van der Waals surface area contributed by atoms with Gasteiger partial charge < -0.3 is 18.9 Å². The Morgan fingerprint density at radius 1 is 0.818 bits per heavy atom. The summed E-state index contributed by atoms with van der Waals surface area (Å²) in [4.78, 5) is 18.9. The standard InChI is InChI=1S/2C2H2O3.C/c2*3-2-4-1-5-2;/h2*1H2;. The SMILES string of the molecule is O=C1OCO1.O=C1OCO1.[C]. The fourth-order valence-electron chi connectivity index (χ4n) is 0.214. The van der Waals surface area contributed by atoms with E-state index in [-0.39, 0.29) is 21.0 Å². The number of hydrogen-bond acceptors (Lipinski definition) is 6. The van der Waals surface area contributed by atoms with Gasteiger partial charge in [0.15, 0.2) is 0 Å². The zero-order valence-corrected chi connectivity index (χ0v) is 5.36. The fraction of sp³-hybridized carbons (Fsp3) is 0.400. The van der Waals surface area contributed by atoms with E-state index in [2.05, 4.69) is 18.9 Å². The molecule has 2 fully saturated rings. The summed E-state index contributed by atoms with van der Waals surface area (Å²) >= 11 is 0. The smallest absolute Gasteiger partial charge is 0.396 e. The summed E-state index contributed by atoms with van der Waals surface area (Å²) < 4.78 is 16.3. The molecule has 0 unspecified atom stereocenters. The fourth-order valence-corrected chi connectivity index (χ4v) is 0.214. The van der Waals surface area contributed by atoms with Crippen molar-refractivity contribution in [1.29, 1.82) is 0 Å². The molecule has 0 saturated carbocycles. The van der Waals surface area contributed by atoms with Gasteiger partial charge in [-0.2, -0.15) is 0 Å². The Kier molecular flexibility index (Phi) is 3.79. The molecule has 11 heavy (non-hydrogen) atoms. The number of hydrogen-bond donors (Lipinski definition) is 0. The average molecular weight is 160 g/mol. The summed E-state index contributed by atoms with van der Waals surface area (Å²) in [6.45, 7) is 0.275. The molecule has 2 rings (SSSR count). The van der Waals surface area contributed by atoms with Gasteiger partial charge in [-0.3, -0.25) is 0 Å². The maximum Gasteiger partial charge on any atom is 0.514 e. The maximum absolute atomic E-state index is 9.45. The lowest BCUT2D eigenvalue weighted by Gasteiger charge is -2.10. The second kappa shape index (κ2) is 4.37. The van der Waals surface area contributed by atoms with Crippen molar-refractivity contribution in [2.45, 2.75) is 0 Å². The molecular weight excluding hydrogens is 156 g/mol. The van der Waals surface area contributed by atoms with Gasteiger partial charge in [0, 0.05) is 7.43 Å². The average Bonchev–Trinajstić information content (AvgIpc) is 1.80. The number of cyclic esters (lactones) is 4. The van der Waals surface area contributed by atoms with E-state index in [0.717, 1.165) is 0 Å². The lowest BCUT2D eigenvalue weighted by atomic mass is 11.1. The van der Waals surface area contributed by atoms with E-state index in [1.807, 2.05) is 0 Å². The topological polar surface area (TPSA) is 71.1 Å². The second-order valence-corrected chi connectivity index (χ2v) is 1.31. The molecule has 6 nitrogen and oxygen atoms in total. The summed E-state index contributed by atoms with van der Waals surface area (Å²) in [5, 5.41) is 0. The van der Waals surface area contributed by atoms with Crippen LogP contribution in [-0.2, 0) is 18.9 Å². The predicted octanol–water partition coefficient (Wildman–Crippen LogP) is 0.303. The summed E-state index contributed by atoms with van der Waals surface area (Å²) in [7, 11) is 0. The molecule has 6 heteroatoms. The molecule has 0 atom stereocenters. The van der Waals surface area contributed by atoms with Crippen molar-refractivity contribution in [2.75, 3.05) is 13.6 Å². The summed E-state index contributed by atoms with van der Waals surface area (Å²) in [6.07, 6.45) is -1.13. The lowest BCUT2D eigenvalue weighted by molar-refractivity contribution is -0.103. The first-order valence-electron chi connectivity index (χ1n) is 2.38. The second-order valence-electron chi connectivity index (χ2n) is 1.31. The Morgan fingerprint density at radius 2 is 1.00 bits per heavy atom. The highest BCUT2D eigenvalue weighted by molar-refractivity contribution is 5.63. The highest BCUT2D eigenvalue weighted by atomic mass is 16.9. The number of carbonyl (C=O) groups excluding carboxylic acids is 2. The van der Waals surface area contributed by atoms with Crippen LogP contribution in [0.3, 0.4) is 0 Å². The monoisotopic (exact) mass is 160 g/mol. The van der Waals surface area contributed by atoms with Gasteiger partial charge in [0.25, 0.3) is 0 Å². The predicted molar refractivity (Wildman–Crippen MR) is 28.1 cm³/mol. The third-order valence-corrected chi connectivity index (χ3v) is 0.707. The first-order chi connectivity index (χ1) is 4.79. The molecule has 0 aromatic carbocycles. The Hall–Kier alpha value is -1.46. The summed E-state index contributed by atoms with van der Waals surface area (Å²) in [5.41, 5.74) is 0. The minimum absolute atomic E-state index is 0. The van der Waals surface area contributed by atoms with Crippen LogP contribution in [0.4, 0.5) is 9.59 Å². The molecule has 0 N–H and O–H groups in total. The van der Waals surface area contributed by atoms with Gasteiger partial charge in [0.05, 0.1) is 0 Å². The van der Waals surface area contributed by atoms with Crippen LogP contribution in [0.15, 0.2) is 0 Å². The van der Waals surface area contributed by atoms with E-state index < -0.39 is 12.3 Å². The molecule has 0 spiro atoms. The van der Waals surface area contributed by atoms with Gasteiger partial charge in [-0.1, -0.05) is 0 Å². The molecule has 2 saturated heterocycles. The number of rotatable bonds is 0. The number of carbonyl (C=O) groups is 2. The van der Waals surface area contributed by atoms with Crippen LogP contribution in [0.5, 0.6) is 0 Å². The van der Waals surface area contributed by atoms with E-state index >= 15 is 0 Å². The molecule has 2 heterocycles. The molecule has 0 amide bonds. The van der Waals surface area contributed by atoms with Crippen molar-refractivity contribution in [3.63, 3.8) is 0 Å². The molecule has 2 aliphatic heterocycles. The van der Waals surface area contributed by atoms with Crippen LogP contribution in [0, 0.1) is 7.43 Å². The molecular formula is C5H4O6. The highest BCUT2D eigenvalue weighted by Crippen LogP contribution is 1.94. The lowest BCUT2D eigenvalue weighted by Crippen LogP contribution is -2.21. The van der Waals surface area contributed by atoms with Crippen LogP contribution in [0.1, 0.15) is 0 Å². The zero-order valence-electron chi connectivity index (χ0n) is 5.36. The molecule has 2 aliphatic rings. The van der Waals surface area contributed by atoms with Crippen molar-refractivity contribution in [1.82, 2.24) is 0 Å². The van der Waals surface area contributed by atoms with Crippen LogP contribution < -0.4 is 0 Å². The molecule has 0 bridgehead atoms. The third kappa shape index (κ3) is 3.29. The molecule has 0 aliphatic carbocycles. The van der Waals surface area contributed by atoms with Gasteiger partial charge in [-0.25, -0.2) is 9.59 Å². The van der Waals surface area contributed by atoms with Crippen LogP contribution >= 0.6 is 0 Å². The normalized spacial score (nSPS) is 17.1. The summed E-state index contributed by atoms with van der Waals surface area (Å²) in [6, 6.07) is 0. The Labute approximate surface area is 63.0 Å². The van der Waals surface area contributed by atoms with Crippen LogP contribution in [-0.4, -0.2) is 25.9 Å². The van der Waals surface area contributed by atoms with Crippen molar-refractivity contribution in [3.8, 4) is 0 Å². The molecule has 4 radical (unpaired) electrons. The van der Waals surface area contributed by atoms with Gasteiger partial charge in [0.1, 0.15) is 0 Å². The van der Waals surface area contributed by atoms with Crippen LogP contribution in [0.25, 0.3) is 0 Å². The van der Waals surface area contributed by atoms with E-state index in [0.29, 0.717) is 0 Å². The quantitative estimate of drug-likeness (QED) is 0.474. The largest absolute Gasteiger partial charge is 0.514 e. The van der Waals surface area contributed by atoms with E-state index in [9.17, 15) is 9.59 Å².